The minimum atomic E-state index is 0.0606. The number of amides is 1. The number of aromatic nitrogens is 4. The predicted molar refractivity (Wildman–Crippen MR) is 105 cm³/mol. The molecule has 1 aliphatic heterocycles. The first-order valence-electron chi connectivity index (χ1n) is 9.85. The second-order valence-corrected chi connectivity index (χ2v) is 7.35. The number of aryl methyl sites for hydroxylation is 2. The SMILES string of the molecule is CCn1nc(C)c(CCC(=O)N2CCC[C@H]2c2nc3ccccc3[nH]2)c1C. The number of H-pyrrole nitrogens is 1. The topological polar surface area (TPSA) is 66.8 Å². The number of carbonyl (C=O) groups is 1. The summed E-state index contributed by atoms with van der Waals surface area (Å²) in [5.41, 5.74) is 5.43. The largest absolute Gasteiger partial charge is 0.340 e. The maximum Gasteiger partial charge on any atom is 0.223 e. The summed E-state index contributed by atoms with van der Waals surface area (Å²) in [5.74, 6) is 1.12. The first-order chi connectivity index (χ1) is 13.1. The van der Waals surface area contributed by atoms with E-state index >= 15 is 0 Å². The highest BCUT2D eigenvalue weighted by Crippen LogP contribution is 2.32. The summed E-state index contributed by atoms with van der Waals surface area (Å²) in [4.78, 5) is 23.1. The molecule has 0 radical (unpaired) electrons. The van der Waals surface area contributed by atoms with Gasteiger partial charge in [0.25, 0.3) is 0 Å². The molecule has 142 valence electrons. The van der Waals surface area contributed by atoms with Crippen LogP contribution in [0.15, 0.2) is 24.3 Å². The van der Waals surface area contributed by atoms with Crippen LogP contribution in [0, 0.1) is 13.8 Å². The van der Waals surface area contributed by atoms with E-state index in [0.717, 1.165) is 54.9 Å². The van der Waals surface area contributed by atoms with Crippen molar-refractivity contribution in [3.63, 3.8) is 0 Å². The number of fused-ring (bicyclic) bond motifs is 1. The summed E-state index contributed by atoms with van der Waals surface area (Å²) in [5, 5.41) is 4.57. The van der Waals surface area contributed by atoms with Crippen LogP contribution in [-0.2, 0) is 17.8 Å². The first kappa shape index (κ1) is 17.8. The lowest BCUT2D eigenvalue weighted by atomic mass is 10.1. The summed E-state index contributed by atoms with van der Waals surface area (Å²) in [6.45, 7) is 7.90. The van der Waals surface area contributed by atoms with E-state index < -0.39 is 0 Å². The van der Waals surface area contributed by atoms with E-state index in [1.54, 1.807) is 0 Å². The number of aromatic amines is 1. The van der Waals surface area contributed by atoms with Crippen molar-refractivity contribution in [3.05, 3.63) is 47.0 Å². The van der Waals surface area contributed by atoms with E-state index in [9.17, 15) is 4.79 Å². The second-order valence-electron chi connectivity index (χ2n) is 7.35. The lowest BCUT2D eigenvalue weighted by Gasteiger charge is -2.23. The highest BCUT2D eigenvalue weighted by molar-refractivity contribution is 5.78. The number of hydrogen-bond donors (Lipinski definition) is 1. The minimum absolute atomic E-state index is 0.0606. The zero-order valence-electron chi connectivity index (χ0n) is 16.3. The highest BCUT2D eigenvalue weighted by atomic mass is 16.2. The number of likely N-dealkylation sites (tertiary alicyclic amines) is 1. The molecule has 1 amide bonds. The summed E-state index contributed by atoms with van der Waals surface area (Å²) in [6, 6.07) is 8.09. The Bertz CT molecular complexity index is 937. The number of nitrogens with zero attached hydrogens (tertiary/aromatic N) is 4. The number of carbonyl (C=O) groups excluding carboxylic acids is 1. The molecule has 1 aromatic carbocycles. The Morgan fingerprint density at radius 2 is 2.11 bits per heavy atom. The third-order valence-electron chi connectivity index (χ3n) is 5.72. The molecule has 1 aliphatic rings. The average Bonchev–Trinajstić information content (AvgIpc) is 3.37. The van der Waals surface area contributed by atoms with Gasteiger partial charge in [0, 0.05) is 25.2 Å². The van der Waals surface area contributed by atoms with E-state index in [1.807, 2.05) is 40.8 Å². The standard InChI is InChI=1S/C21H27N5O/c1-4-26-15(3)16(14(2)24-26)11-12-20(27)25-13-7-10-19(25)21-22-17-8-5-6-9-18(17)23-21/h5-6,8-9,19H,4,7,10-13H2,1-3H3,(H,22,23)/t19-/m0/s1. The Morgan fingerprint density at radius 1 is 1.30 bits per heavy atom. The molecular formula is C21H27N5O. The molecule has 4 rings (SSSR count). The monoisotopic (exact) mass is 365 g/mol. The number of benzene rings is 1. The molecule has 0 spiro atoms. The van der Waals surface area contributed by atoms with Crippen molar-refractivity contribution in [2.45, 2.75) is 59.0 Å². The second kappa shape index (κ2) is 7.18. The third-order valence-corrected chi connectivity index (χ3v) is 5.72. The minimum Gasteiger partial charge on any atom is -0.340 e. The lowest BCUT2D eigenvalue weighted by molar-refractivity contribution is -0.132. The van der Waals surface area contributed by atoms with Crippen LogP contribution in [0.5, 0.6) is 0 Å². The van der Waals surface area contributed by atoms with Crippen LogP contribution in [-0.4, -0.2) is 37.1 Å². The molecule has 1 atom stereocenters. The fraction of sp³-hybridized carbons (Fsp3) is 0.476. The van der Waals surface area contributed by atoms with E-state index in [2.05, 4.69) is 23.9 Å². The van der Waals surface area contributed by atoms with Crippen LogP contribution in [0.2, 0.25) is 0 Å². The maximum atomic E-state index is 13.0. The Labute approximate surface area is 159 Å². The Hall–Kier alpha value is -2.63. The maximum absolute atomic E-state index is 13.0. The number of rotatable bonds is 5. The molecule has 0 bridgehead atoms. The molecule has 27 heavy (non-hydrogen) atoms. The molecule has 6 heteroatoms. The molecule has 0 unspecified atom stereocenters. The third kappa shape index (κ3) is 3.24. The molecule has 0 saturated carbocycles. The van der Waals surface area contributed by atoms with Gasteiger partial charge in [0.05, 0.1) is 22.8 Å². The van der Waals surface area contributed by atoms with Crippen molar-refractivity contribution < 1.29 is 4.79 Å². The van der Waals surface area contributed by atoms with Gasteiger partial charge in [0.1, 0.15) is 5.82 Å². The van der Waals surface area contributed by atoms with Gasteiger partial charge >= 0.3 is 0 Å². The normalized spacial score (nSPS) is 17.1. The molecular weight excluding hydrogens is 338 g/mol. The number of para-hydroxylation sites is 2. The molecule has 0 aliphatic carbocycles. The quantitative estimate of drug-likeness (QED) is 0.750. The van der Waals surface area contributed by atoms with Crippen LogP contribution in [0.25, 0.3) is 11.0 Å². The van der Waals surface area contributed by atoms with Crippen molar-refractivity contribution in [2.75, 3.05) is 6.54 Å². The first-order valence-corrected chi connectivity index (χ1v) is 9.85. The van der Waals surface area contributed by atoms with Gasteiger partial charge in [0.15, 0.2) is 0 Å². The summed E-state index contributed by atoms with van der Waals surface area (Å²) in [6.07, 6.45) is 3.27. The van der Waals surface area contributed by atoms with Crippen LogP contribution in [0.1, 0.15) is 55.0 Å². The summed E-state index contributed by atoms with van der Waals surface area (Å²) >= 11 is 0. The van der Waals surface area contributed by atoms with Crippen LogP contribution >= 0.6 is 0 Å². The highest BCUT2D eigenvalue weighted by Gasteiger charge is 2.32. The fourth-order valence-electron chi connectivity index (χ4n) is 4.26. The smallest absolute Gasteiger partial charge is 0.223 e. The van der Waals surface area contributed by atoms with Gasteiger partial charge in [-0.1, -0.05) is 12.1 Å². The molecule has 3 aromatic rings. The van der Waals surface area contributed by atoms with Gasteiger partial charge in [-0.25, -0.2) is 4.98 Å². The van der Waals surface area contributed by atoms with Gasteiger partial charge in [-0.05, 0) is 57.7 Å². The Morgan fingerprint density at radius 3 is 2.85 bits per heavy atom. The molecule has 1 fully saturated rings. The van der Waals surface area contributed by atoms with Gasteiger partial charge < -0.3 is 9.88 Å². The van der Waals surface area contributed by atoms with Crippen molar-refractivity contribution in [3.8, 4) is 0 Å². The molecule has 6 nitrogen and oxygen atoms in total. The average molecular weight is 365 g/mol. The van der Waals surface area contributed by atoms with Crippen molar-refractivity contribution in [1.29, 1.82) is 0 Å². The van der Waals surface area contributed by atoms with Crippen LogP contribution in [0.3, 0.4) is 0 Å². The van der Waals surface area contributed by atoms with E-state index in [1.165, 1.54) is 11.3 Å². The molecule has 1 N–H and O–H groups in total. The summed E-state index contributed by atoms with van der Waals surface area (Å²) < 4.78 is 2.02. The Balaban J connectivity index is 1.48. The molecule has 2 aromatic heterocycles. The zero-order chi connectivity index (χ0) is 19.0. The summed E-state index contributed by atoms with van der Waals surface area (Å²) in [7, 11) is 0. The van der Waals surface area contributed by atoms with Crippen molar-refractivity contribution in [1.82, 2.24) is 24.6 Å². The number of nitrogens with one attached hydrogen (secondary N) is 1. The molecule has 3 heterocycles. The van der Waals surface area contributed by atoms with Crippen LogP contribution in [0.4, 0.5) is 0 Å². The van der Waals surface area contributed by atoms with Crippen molar-refractivity contribution >= 4 is 16.9 Å². The van der Waals surface area contributed by atoms with Gasteiger partial charge in [-0.15, -0.1) is 0 Å². The van der Waals surface area contributed by atoms with Crippen molar-refractivity contribution in [2.24, 2.45) is 0 Å². The zero-order valence-corrected chi connectivity index (χ0v) is 16.3. The van der Waals surface area contributed by atoms with E-state index in [4.69, 9.17) is 4.98 Å². The number of hydrogen-bond acceptors (Lipinski definition) is 3. The van der Waals surface area contributed by atoms with Gasteiger partial charge in [0.2, 0.25) is 5.91 Å². The number of imidazole rings is 1. The predicted octanol–water partition coefficient (Wildman–Crippen LogP) is 3.69. The van der Waals surface area contributed by atoms with Gasteiger partial charge in [-0.3, -0.25) is 9.48 Å². The van der Waals surface area contributed by atoms with E-state index in [-0.39, 0.29) is 11.9 Å². The van der Waals surface area contributed by atoms with Gasteiger partial charge in [-0.2, -0.15) is 5.10 Å². The van der Waals surface area contributed by atoms with E-state index in [0.29, 0.717) is 6.42 Å². The fourth-order valence-corrected chi connectivity index (χ4v) is 4.26. The lowest BCUT2D eigenvalue weighted by Crippen LogP contribution is -2.31. The van der Waals surface area contributed by atoms with Crippen LogP contribution < -0.4 is 0 Å². The molecule has 1 saturated heterocycles. The Kier molecular flexibility index (Phi) is 4.72.